The maximum Gasteiger partial charge on any atom is 0.224 e. The molecule has 1 fully saturated rings. The first-order valence-electron chi connectivity index (χ1n) is 9.69. The Bertz CT molecular complexity index is 623. The van der Waals surface area contributed by atoms with Crippen molar-refractivity contribution in [1.29, 1.82) is 0 Å². The molecule has 1 saturated carbocycles. The Morgan fingerprint density at radius 1 is 1.00 bits per heavy atom. The van der Waals surface area contributed by atoms with Crippen LogP contribution in [-0.2, 0) is 11.2 Å². The van der Waals surface area contributed by atoms with Crippen LogP contribution in [0.1, 0.15) is 44.1 Å². The molecule has 0 spiro atoms. The van der Waals surface area contributed by atoms with E-state index >= 15 is 0 Å². The number of likely N-dealkylation sites (N-methyl/N-ethyl adjacent to an activating group) is 1. The highest BCUT2D eigenvalue weighted by atomic mass is 16.5. The molecular weight excluding hydrogens is 344 g/mol. The van der Waals surface area contributed by atoms with Crippen molar-refractivity contribution in [2.24, 2.45) is 0 Å². The number of nitrogens with one attached hydrogen (secondary N) is 1. The lowest BCUT2D eigenvalue weighted by atomic mass is 9.88. The van der Waals surface area contributed by atoms with Crippen LogP contribution in [0.5, 0.6) is 17.2 Å². The number of rotatable bonds is 8. The van der Waals surface area contributed by atoms with Gasteiger partial charge in [0.1, 0.15) is 0 Å². The van der Waals surface area contributed by atoms with Gasteiger partial charge in [0.05, 0.1) is 27.8 Å². The van der Waals surface area contributed by atoms with Crippen molar-refractivity contribution in [3.8, 4) is 17.2 Å². The van der Waals surface area contributed by atoms with E-state index in [1.54, 1.807) is 27.4 Å². The fourth-order valence-corrected chi connectivity index (χ4v) is 3.97. The van der Waals surface area contributed by atoms with Crippen LogP contribution in [0.3, 0.4) is 0 Å². The Morgan fingerprint density at radius 2 is 1.63 bits per heavy atom. The fourth-order valence-electron chi connectivity index (χ4n) is 3.97. The average molecular weight is 379 g/mol. The molecular formula is C21H34N2O4. The van der Waals surface area contributed by atoms with Crippen LogP contribution in [0.2, 0.25) is 0 Å². The summed E-state index contributed by atoms with van der Waals surface area (Å²) in [5, 5.41) is 3.16. The first-order valence-corrected chi connectivity index (χ1v) is 9.69. The molecule has 0 radical (unpaired) electrons. The standard InChI is InChI=1S/C21H34N2O4/c1-23(2)21(12-8-6-7-9-13-21)15-22-18(24)14-16-10-11-17(25-3)20(27-5)19(16)26-4/h10-11H,6-9,12-15H2,1-5H3,(H,22,24). The molecule has 1 aromatic rings. The molecule has 1 aliphatic carbocycles. The normalized spacial score (nSPS) is 16.5. The molecule has 0 bridgehead atoms. The number of nitrogens with zero attached hydrogens (tertiary/aromatic N) is 1. The molecule has 1 aliphatic rings. The van der Waals surface area contributed by atoms with Crippen molar-refractivity contribution in [1.82, 2.24) is 10.2 Å². The molecule has 0 aliphatic heterocycles. The molecule has 0 heterocycles. The molecule has 0 atom stereocenters. The number of amides is 1. The monoisotopic (exact) mass is 378 g/mol. The maximum atomic E-state index is 12.7. The summed E-state index contributed by atoms with van der Waals surface area (Å²) in [7, 11) is 8.96. The SMILES string of the molecule is COc1ccc(CC(=O)NCC2(N(C)C)CCCCCC2)c(OC)c1OC. The van der Waals surface area contributed by atoms with Gasteiger partial charge < -0.3 is 24.4 Å². The van der Waals surface area contributed by atoms with Gasteiger partial charge in [-0.2, -0.15) is 0 Å². The third kappa shape index (κ3) is 5.06. The smallest absolute Gasteiger partial charge is 0.224 e. The number of carbonyl (C=O) groups excluding carboxylic acids is 1. The predicted octanol–water partition coefficient (Wildman–Crippen LogP) is 3.03. The zero-order valence-electron chi connectivity index (χ0n) is 17.4. The van der Waals surface area contributed by atoms with Gasteiger partial charge in [0.15, 0.2) is 11.5 Å². The summed E-state index contributed by atoms with van der Waals surface area (Å²) in [6.45, 7) is 0.675. The van der Waals surface area contributed by atoms with E-state index in [9.17, 15) is 4.79 Å². The Kier molecular flexibility index (Phi) is 7.78. The molecule has 0 saturated heterocycles. The van der Waals surface area contributed by atoms with Gasteiger partial charge in [0.2, 0.25) is 11.7 Å². The second-order valence-electron chi connectivity index (χ2n) is 7.48. The summed E-state index contributed by atoms with van der Waals surface area (Å²) in [6, 6.07) is 3.66. The van der Waals surface area contributed by atoms with Gasteiger partial charge in [-0.1, -0.05) is 31.7 Å². The van der Waals surface area contributed by atoms with Crippen molar-refractivity contribution >= 4 is 5.91 Å². The Morgan fingerprint density at radius 3 is 2.15 bits per heavy atom. The summed E-state index contributed by atoms with van der Waals surface area (Å²) in [6.07, 6.45) is 7.50. The Hall–Kier alpha value is -1.95. The highest BCUT2D eigenvalue weighted by Gasteiger charge is 2.33. The first kappa shape index (κ1) is 21.4. The predicted molar refractivity (Wildman–Crippen MR) is 107 cm³/mol. The van der Waals surface area contributed by atoms with Gasteiger partial charge in [-0.15, -0.1) is 0 Å². The van der Waals surface area contributed by atoms with Crippen LogP contribution < -0.4 is 19.5 Å². The lowest BCUT2D eigenvalue weighted by Crippen LogP contribution is -2.52. The van der Waals surface area contributed by atoms with E-state index in [0.717, 1.165) is 18.4 Å². The molecule has 152 valence electrons. The van der Waals surface area contributed by atoms with E-state index < -0.39 is 0 Å². The van der Waals surface area contributed by atoms with Crippen molar-refractivity contribution in [2.45, 2.75) is 50.5 Å². The van der Waals surface area contributed by atoms with E-state index in [4.69, 9.17) is 14.2 Å². The highest BCUT2D eigenvalue weighted by Crippen LogP contribution is 2.40. The van der Waals surface area contributed by atoms with Crippen molar-refractivity contribution < 1.29 is 19.0 Å². The van der Waals surface area contributed by atoms with Gasteiger partial charge in [-0.05, 0) is 33.0 Å². The fraction of sp³-hybridized carbons (Fsp3) is 0.667. The van der Waals surface area contributed by atoms with Crippen LogP contribution in [0.4, 0.5) is 0 Å². The van der Waals surface area contributed by atoms with Gasteiger partial charge in [0.25, 0.3) is 0 Å². The van der Waals surface area contributed by atoms with Gasteiger partial charge >= 0.3 is 0 Å². The minimum absolute atomic E-state index is 0.00834. The summed E-state index contributed by atoms with van der Waals surface area (Å²) in [5.74, 6) is 1.64. The Balaban J connectivity index is 2.09. The maximum absolute atomic E-state index is 12.7. The van der Waals surface area contributed by atoms with E-state index in [1.165, 1.54) is 25.7 Å². The minimum Gasteiger partial charge on any atom is -0.493 e. The van der Waals surface area contributed by atoms with E-state index in [2.05, 4.69) is 24.3 Å². The number of ether oxygens (including phenoxy) is 3. The Labute approximate surface area is 163 Å². The zero-order valence-corrected chi connectivity index (χ0v) is 17.4. The summed E-state index contributed by atoms with van der Waals surface area (Å²) < 4.78 is 16.2. The van der Waals surface area contributed by atoms with E-state index in [1.807, 2.05) is 6.07 Å². The van der Waals surface area contributed by atoms with Gasteiger partial charge in [0, 0.05) is 17.6 Å². The van der Waals surface area contributed by atoms with Crippen LogP contribution in [0, 0.1) is 0 Å². The zero-order chi connectivity index (χ0) is 19.9. The van der Waals surface area contributed by atoms with Crippen LogP contribution in [0.25, 0.3) is 0 Å². The summed E-state index contributed by atoms with van der Waals surface area (Å²) in [4.78, 5) is 15.0. The van der Waals surface area contributed by atoms with Gasteiger partial charge in [-0.25, -0.2) is 0 Å². The van der Waals surface area contributed by atoms with Crippen LogP contribution >= 0.6 is 0 Å². The van der Waals surface area contributed by atoms with Crippen LogP contribution in [0.15, 0.2) is 12.1 Å². The van der Waals surface area contributed by atoms with E-state index in [0.29, 0.717) is 23.8 Å². The molecule has 6 nitrogen and oxygen atoms in total. The molecule has 6 heteroatoms. The molecule has 2 rings (SSSR count). The largest absolute Gasteiger partial charge is 0.493 e. The molecule has 1 N–H and O–H groups in total. The number of methoxy groups -OCH3 is 3. The summed E-state index contributed by atoms with van der Waals surface area (Å²) in [5.41, 5.74) is 0.834. The number of hydrogen-bond acceptors (Lipinski definition) is 5. The molecule has 27 heavy (non-hydrogen) atoms. The number of carbonyl (C=O) groups is 1. The second-order valence-corrected chi connectivity index (χ2v) is 7.48. The number of hydrogen-bond donors (Lipinski definition) is 1. The topological polar surface area (TPSA) is 60.0 Å². The minimum atomic E-state index is -0.00834. The molecule has 1 amide bonds. The van der Waals surface area contributed by atoms with Gasteiger partial charge in [-0.3, -0.25) is 4.79 Å². The molecule has 0 aromatic heterocycles. The van der Waals surface area contributed by atoms with E-state index in [-0.39, 0.29) is 17.9 Å². The van der Waals surface area contributed by atoms with Crippen LogP contribution in [-0.4, -0.2) is 58.3 Å². The lowest BCUT2D eigenvalue weighted by Gasteiger charge is -2.39. The average Bonchev–Trinajstić information content (AvgIpc) is 2.92. The summed E-state index contributed by atoms with van der Waals surface area (Å²) >= 11 is 0. The molecule has 0 unspecified atom stereocenters. The van der Waals surface area contributed by atoms with Crippen molar-refractivity contribution in [3.05, 3.63) is 17.7 Å². The second kappa shape index (κ2) is 9.83. The third-order valence-electron chi connectivity index (χ3n) is 5.73. The first-order chi connectivity index (χ1) is 13.0. The lowest BCUT2D eigenvalue weighted by molar-refractivity contribution is -0.121. The highest BCUT2D eigenvalue weighted by molar-refractivity contribution is 5.80. The number of benzene rings is 1. The van der Waals surface area contributed by atoms with Crippen molar-refractivity contribution in [2.75, 3.05) is 42.0 Å². The van der Waals surface area contributed by atoms with Crippen molar-refractivity contribution in [3.63, 3.8) is 0 Å². The quantitative estimate of drug-likeness (QED) is 0.705. The third-order valence-corrected chi connectivity index (χ3v) is 5.73. The molecule has 1 aromatic carbocycles.